The molecule has 0 aliphatic carbocycles. The molecule has 0 aliphatic heterocycles. The minimum Gasteiger partial charge on any atom is -0.497 e. The van der Waals surface area contributed by atoms with Gasteiger partial charge in [0.2, 0.25) is 0 Å². The topological polar surface area (TPSA) is 35.5 Å². The summed E-state index contributed by atoms with van der Waals surface area (Å²) in [6, 6.07) is 12.0. The Balaban J connectivity index is 2.41. The van der Waals surface area contributed by atoms with Crippen molar-refractivity contribution >= 4 is 17.3 Å². The lowest BCUT2D eigenvalue weighted by molar-refractivity contribution is -0.145. The SMILES string of the molecule is COC(=O)[C@H](C)[C@@H](c1ccc(OC)cc1)c1ccc(C)s1. The number of esters is 1. The lowest BCUT2D eigenvalue weighted by Crippen LogP contribution is -2.21. The largest absolute Gasteiger partial charge is 0.497 e. The lowest BCUT2D eigenvalue weighted by atomic mass is 9.86. The quantitative estimate of drug-likeness (QED) is 0.783. The summed E-state index contributed by atoms with van der Waals surface area (Å²) in [5.41, 5.74) is 1.09. The van der Waals surface area contributed by atoms with Crippen LogP contribution in [-0.2, 0) is 9.53 Å². The van der Waals surface area contributed by atoms with E-state index >= 15 is 0 Å². The molecule has 1 aromatic carbocycles. The zero-order valence-electron chi connectivity index (χ0n) is 12.8. The minimum absolute atomic E-state index is 0.00190. The van der Waals surface area contributed by atoms with Gasteiger partial charge in [-0.1, -0.05) is 19.1 Å². The van der Waals surface area contributed by atoms with Crippen molar-refractivity contribution in [2.24, 2.45) is 5.92 Å². The second-order valence-corrected chi connectivity index (χ2v) is 6.33. The van der Waals surface area contributed by atoms with Crippen LogP contribution in [-0.4, -0.2) is 20.2 Å². The zero-order chi connectivity index (χ0) is 15.4. The molecule has 0 radical (unpaired) electrons. The van der Waals surface area contributed by atoms with Crippen molar-refractivity contribution in [1.82, 2.24) is 0 Å². The van der Waals surface area contributed by atoms with Crippen molar-refractivity contribution in [2.75, 3.05) is 14.2 Å². The summed E-state index contributed by atoms with van der Waals surface area (Å²) >= 11 is 1.72. The fraction of sp³-hybridized carbons (Fsp3) is 0.353. The summed E-state index contributed by atoms with van der Waals surface area (Å²) in [5, 5.41) is 0. The molecular weight excluding hydrogens is 284 g/mol. The Labute approximate surface area is 129 Å². The van der Waals surface area contributed by atoms with Crippen LogP contribution in [0.25, 0.3) is 0 Å². The van der Waals surface area contributed by atoms with Crippen molar-refractivity contribution in [1.29, 1.82) is 0 Å². The molecule has 3 nitrogen and oxygen atoms in total. The fourth-order valence-corrected chi connectivity index (χ4v) is 3.56. The molecule has 2 rings (SSSR count). The van der Waals surface area contributed by atoms with Crippen molar-refractivity contribution in [3.63, 3.8) is 0 Å². The van der Waals surface area contributed by atoms with E-state index in [-0.39, 0.29) is 17.8 Å². The molecule has 2 aromatic rings. The Bertz CT molecular complexity index is 601. The van der Waals surface area contributed by atoms with E-state index in [9.17, 15) is 4.79 Å². The molecule has 1 heterocycles. The summed E-state index contributed by atoms with van der Waals surface area (Å²) in [5.74, 6) is 0.385. The first-order valence-electron chi connectivity index (χ1n) is 6.85. The van der Waals surface area contributed by atoms with Crippen LogP contribution in [0.15, 0.2) is 36.4 Å². The van der Waals surface area contributed by atoms with Crippen molar-refractivity contribution in [3.05, 3.63) is 51.7 Å². The highest BCUT2D eigenvalue weighted by atomic mass is 32.1. The monoisotopic (exact) mass is 304 g/mol. The third-order valence-corrected chi connectivity index (χ3v) is 4.70. The Morgan fingerprint density at radius 3 is 2.24 bits per heavy atom. The van der Waals surface area contributed by atoms with E-state index in [2.05, 4.69) is 19.1 Å². The van der Waals surface area contributed by atoms with Gasteiger partial charge in [0.1, 0.15) is 5.75 Å². The summed E-state index contributed by atoms with van der Waals surface area (Å²) < 4.78 is 10.1. The maximum Gasteiger partial charge on any atom is 0.309 e. The number of methoxy groups -OCH3 is 2. The summed E-state index contributed by atoms with van der Waals surface area (Å²) in [6.45, 7) is 3.98. The van der Waals surface area contributed by atoms with Gasteiger partial charge < -0.3 is 9.47 Å². The molecule has 0 fully saturated rings. The normalized spacial score (nSPS) is 13.5. The summed E-state index contributed by atoms with van der Waals surface area (Å²) in [7, 11) is 3.08. The maximum atomic E-state index is 12.0. The average molecular weight is 304 g/mol. The Morgan fingerprint density at radius 1 is 1.10 bits per heavy atom. The molecule has 21 heavy (non-hydrogen) atoms. The van der Waals surface area contributed by atoms with Gasteiger partial charge in [-0.3, -0.25) is 4.79 Å². The molecule has 0 unspecified atom stereocenters. The highest BCUT2D eigenvalue weighted by Gasteiger charge is 2.28. The van der Waals surface area contributed by atoms with Crippen LogP contribution in [0.5, 0.6) is 5.75 Å². The van der Waals surface area contributed by atoms with Crippen LogP contribution < -0.4 is 4.74 Å². The number of hydrogen-bond acceptors (Lipinski definition) is 4. The highest BCUT2D eigenvalue weighted by Crippen LogP contribution is 2.37. The standard InChI is InChI=1S/C17H20O3S/c1-11-5-10-15(21-11)16(12(2)17(18)20-4)13-6-8-14(19-3)9-7-13/h5-10,12,16H,1-4H3/t12-,16+/m1/s1. The van der Waals surface area contributed by atoms with Gasteiger partial charge in [0.25, 0.3) is 0 Å². The Hall–Kier alpha value is -1.81. The van der Waals surface area contributed by atoms with E-state index in [0.717, 1.165) is 11.3 Å². The van der Waals surface area contributed by atoms with Gasteiger partial charge in [-0.25, -0.2) is 0 Å². The van der Waals surface area contributed by atoms with Gasteiger partial charge >= 0.3 is 5.97 Å². The predicted octanol–water partition coefficient (Wildman–Crippen LogP) is 4.01. The second kappa shape index (κ2) is 6.76. The molecule has 4 heteroatoms. The van der Waals surface area contributed by atoms with Crippen LogP contribution in [0.4, 0.5) is 0 Å². The van der Waals surface area contributed by atoms with Gasteiger partial charge in [0.15, 0.2) is 0 Å². The minimum atomic E-state index is -0.235. The average Bonchev–Trinajstić information content (AvgIpc) is 2.93. The predicted molar refractivity (Wildman–Crippen MR) is 85.1 cm³/mol. The van der Waals surface area contributed by atoms with Crippen molar-refractivity contribution < 1.29 is 14.3 Å². The van der Waals surface area contributed by atoms with Crippen LogP contribution in [0, 0.1) is 12.8 Å². The van der Waals surface area contributed by atoms with Gasteiger partial charge in [-0.15, -0.1) is 11.3 Å². The summed E-state index contributed by atoms with van der Waals surface area (Å²) in [4.78, 5) is 14.4. The summed E-state index contributed by atoms with van der Waals surface area (Å²) in [6.07, 6.45) is 0. The number of carbonyl (C=O) groups is 1. The van der Waals surface area contributed by atoms with Crippen LogP contribution in [0.2, 0.25) is 0 Å². The third kappa shape index (κ3) is 3.45. The molecule has 1 aromatic heterocycles. The molecule has 0 amide bonds. The van der Waals surface area contributed by atoms with E-state index in [1.807, 2.05) is 31.2 Å². The zero-order valence-corrected chi connectivity index (χ0v) is 13.6. The molecule has 0 saturated heterocycles. The van der Waals surface area contributed by atoms with E-state index < -0.39 is 0 Å². The van der Waals surface area contributed by atoms with E-state index in [1.165, 1.54) is 16.9 Å². The van der Waals surface area contributed by atoms with Gasteiger partial charge in [-0.2, -0.15) is 0 Å². The second-order valence-electron chi connectivity index (χ2n) is 5.01. The van der Waals surface area contributed by atoms with E-state index in [1.54, 1.807) is 18.4 Å². The molecule has 2 atom stereocenters. The molecule has 0 spiro atoms. The number of rotatable bonds is 5. The first-order chi connectivity index (χ1) is 10.1. The molecule has 0 bridgehead atoms. The number of carbonyl (C=O) groups excluding carboxylic acids is 1. The van der Waals surface area contributed by atoms with E-state index in [4.69, 9.17) is 9.47 Å². The number of hydrogen-bond donors (Lipinski definition) is 0. The van der Waals surface area contributed by atoms with Crippen LogP contribution in [0.1, 0.15) is 28.2 Å². The first-order valence-corrected chi connectivity index (χ1v) is 7.66. The van der Waals surface area contributed by atoms with Gasteiger partial charge in [-0.05, 0) is 36.8 Å². The van der Waals surface area contributed by atoms with Crippen LogP contribution in [0.3, 0.4) is 0 Å². The van der Waals surface area contributed by atoms with E-state index in [0.29, 0.717) is 0 Å². The van der Waals surface area contributed by atoms with Gasteiger partial charge in [0, 0.05) is 15.7 Å². The first kappa shape index (κ1) is 15.6. The Kier molecular flexibility index (Phi) is 5.02. The number of ether oxygens (including phenoxy) is 2. The third-order valence-electron chi connectivity index (χ3n) is 3.62. The Morgan fingerprint density at radius 2 is 1.76 bits per heavy atom. The molecular formula is C17H20O3S. The highest BCUT2D eigenvalue weighted by molar-refractivity contribution is 7.12. The molecule has 0 aliphatic rings. The number of thiophene rings is 1. The van der Waals surface area contributed by atoms with Crippen molar-refractivity contribution in [2.45, 2.75) is 19.8 Å². The lowest BCUT2D eigenvalue weighted by Gasteiger charge is -2.22. The number of aryl methyl sites for hydroxylation is 1. The number of benzene rings is 1. The fourth-order valence-electron chi connectivity index (χ4n) is 2.45. The molecule has 112 valence electrons. The van der Waals surface area contributed by atoms with Crippen molar-refractivity contribution in [3.8, 4) is 5.75 Å². The van der Waals surface area contributed by atoms with Crippen LogP contribution >= 0.6 is 11.3 Å². The molecule has 0 N–H and O–H groups in total. The smallest absolute Gasteiger partial charge is 0.309 e. The maximum absolute atomic E-state index is 12.0. The van der Waals surface area contributed by atoms with Gasteiger partial charge in [0.05, 0.1) is 20.1 Å². The molecule has 0 saturated carbocycles.